The molecule has 8 nitrogen and oxygen atoms in total. The number of nitrogens with zero attached hydrogens (tertiary/aromatic N) is 3. The van der Waals surface area contributed by atoms with Crippen molar-refractivity contribution in [1.29, 1.82) is 0 Å². The summed E-state index contributed by atoms with van der Waals surface area (Å²) in [5, 5.41) is 14.8. The number of carbonyl (C=O) groups is 2. The predicted octanol–water partition coefficient (Wildman–Crippen LogP) is 0.104. The average molecular weight is 267 g/mol. The molecule has 4 N–H and O–H groups in total. The Morgan fingerprint density at radius 1 is 1.53 bits per heavy atom. The molecule has 0 saturated carbocycles. The molecule has 1 aromatic rings. The first-order valence-electron chi connectivity index (χ1n) is 6.25. The summed E-state index contributed by atoms with van der Waals surface area (Å²) >= 11 is 0. The van der Waals surface area contributed by atoms with Gasteiger partial charge in [0.05, 0.1) is 0 Å². The van der Waals surface area contributed by atoms with Crippen LogP contribution in [-0.4, -0.2) is 50.2 Å². The minimum atomic E-state index is -0.800. The van der Waals surface area contributed by atoms with Crippen molar-refractivity contribution in [1.82, 2.24) is 20.1 Å². The van der Waals surface area contributed by atoms with Gasteiger partial charge in [0.15, 0.2) is 0 Å². The van der Waals surface area contributed by atoms with Gasteiger partial charge in [-0.2, -0.15) is 4.98 Å². The maximum absolute atomic E-state index is 12.1. The molecule has 1 aliphatic rings. The number of nitrogens with two attached hydrogens (primary N) is 1. The first kappa shape index (κ1) is 13.3. The van der Waals surface area contributed by atoms with Gasteiger partial charge in [-0.3, -0.25) is 14.7 Å². The van der Waals surface area contributed by atoms with E-state index in [4.69, 9.17) is 10.8 Å². The number of H-pyrrole nitrogens is 1. The molecule has 0 spiro atoms. The molecule has 0 aromatic carbocycles. The third kappa shape index (κ3) is 3.43. The van der Waals surface area contributed by atoms with Gasteiger partial charge < -0.3 is 15.7 Å². The molecule has 1 saturated heterocycles. The van der Waals surface area contributed by atoms with E-state index in [1.807, 2.05) is 0 Å². The van der Waals surface area contributed by atoms with Crippen LogP contribution in [0.25, 0.3) is 0 Å². The van der Waals surface area contributed by atoms with Crippen molar-refractivity contribution in [3.05, 3.63) is 5.82 Å². The molecule has 0 aliphatic carbocycles. The smallest absolute Gasteiger partial charge is 0.303 e. The van der Waals surface area contributed by atoms with Gasteiger partial charge in [-0.05, 0) is 25.2 Å². The predicted molar refractivity (Wildman–Crippen MR) is 66.3 cm³/mol. The Bertz CT molecular complexity index is 473. The number of nitrogens with one attached hydrogen (secondary N) is 1. The fourth-order valence-corrected chi connectivity index (χ4v) is 2.33. The summed E-state index contributed by atoms with van der Waals surface area (Å²) in [5.74, 6) is -0.621. The number of likely N-dealkylation sites (tertiary alicyclic amines) is 1. The quantitative estimate of drug-likeness (QED) is 0.710. The number of nitrogen functional groups attached to an aromatic ring is 1. The number of rotatable bonds is 4. The number of aliphatic carboxylic acids is 1. The Morgan fingerprint density at radius 2 is 2.32 bits per heavy atom. The fourth-order valence-electron chi connectivity index (χ4n) is 2.33. The van der Waals surface area contributed by atoms with Crippen LogP contribution in [0.1, 0.15) is 36.3 Å². The second-order valence-electron chi connectivity index (χ2n) is 4.73. The monoisotopic (exact) mass is 267 g/mol. The van der Waals surface area contributed by atoms with Gasteiger partial charge >= 0.3 is 5.97 Å². The highest BCUT2D eigenvalue weighted by molar-refractivity contribution is 5.90. The first-order chi connectivity index (χ1) is 9.06. The molecular formula is C11H17N5O3. The van der Waals surface area contributed by atoms with Crippen LogP contribution in [-0.2, 0) is 4.79 Å². The summed E-state index contributed by atoms with van der Waals surface area (Å²) in [7, 11) is 0. The number of amides is 1. The van der Waals surface area contributed by atoms with E-state index in [0.29, 0.717) is 19.5 Å². The number of aromatic amines is 1. The van der Waals surface area contributed by atoms with Crippen LogP contribution in [0.4, 0.5) is 5.95 Å². The van der Waals surface area contributed by atoms with Crippen molar-refractivity contribution in [2.24, 2.45) is 5.92 Å². The van der Waals surface area contributed by atoms with Crippen LogP contribution < -0.4 is 5.73 Å². The van der Waals surface area contributed by atoms with E-state index in [-0.39, 0.29) is 30.0 Å². The van der Waals surface area contributed by atoms with E-state index < -0.39 is 5.97 Å². The molecule has 8 heteroatoms. The molecule has 1 fully saturated rings. The van der Waals surface area contributed by atoms with Gasteiger partial charge in [-0.15, -0.1) is 5.10 Å². The second-order valence-corrected chi connectivity index (χ2v) is 4.73. The van der Waals surface area contributed by atoms with Gasteiger partial charge in [0, 0.05) is 19.5 Å². The summed E-state index contributed by atoms with van der Waals surface area (Å²) in [6.07, 6.45) is 2.56. The van der Waals surface area contributed by atoms with Gasteiger partial charge in [0.1, 0.15) is 0 Å². The minimum Gasteiger partial charge on any atom is -0.481 e. The molecule has 1 atom stereocenters. The van der Waals surface area contributed by atoms with Gasteiger partial charge in [0.2, 0.25) is 11.8 Å². The van der Waals surface area contributed by atoms with Crippen molar-refractivity contribution >= 4 is 17.8 Å². The highest BCUT2D eigenvalue weighted by Crippen LogP contribution is 2.21. The van der Waals surface area contributed by atoms with E-state index in [9.17, 15) is 9.59 Å². The van der Waals surface area contributed by atoms with Crippen LogP contribution in [0.5, 0.6) is 0 Å². The zero-order chi connectivity index (χ0) is 13.8. The number of carboxylic acids is 1. The number of carboxylic acid groups (broad SMARTS) is 1. The Kier molecular flexibility index (Phi) is 3.98. The molecule has 2 heterocycles. The van der Waals surface area contributed by atoms with E-state index >= 15 is 0 Å². The first-order valence-corrected chi connectivity index (χ1v) is 6.25. The van der Waals surface area contributed by atoms with Gasteiger partial charge in [0.25, 0.3) is 5.91 Å². The number of hydrogen-bond acceptors (Lipinski definition) is 5. The molecule has 0 bridgehead atoms. The Hall–Kier alpha value is -2.12. The van der Waals surface area contributed by atoms with Crippen LogP contribution >= 0.6 is 0 Å². The summed E-state index contributed by atoms with van der Waals surface area (Å²) in [6.45, 7) is 1.22. The molecule has 104 valence electrons. The molecule has 2 rings (SSSR count). The normalized spacial score (nSPS) is 19.4. The lowest BCUT2D eigenvalue weighted by atomic mass is 9.93. The van der Waals surface area contributed by atoms with Crippen molar-refractivity contribution in [2.75, 3.05) is 18.8 Å². The topological polar surface area (TPSA) is 125 Å². The average Bonchev–Trinajstić information content (AvgIpc) is 2.82. The molecule has 1 amide bonds. The van der Waals surface area contributed by atoms with Crippen molar-refractivity contribution in [3.63, 3.8) is 0 Å². The lowest BCUT2D eigenvalue weighted by molar-refractivity contribution is -0.137. The Balaban J connectivity index is 1.93. The van der Waals surface area contributed by atoms with Crippen LogP contribution in [0, 0.1) is 5.92 Å². The number of hydrogen-bond donors (Lipinski definition) is 3. The number of anilines is 1. The van der Waals surface area contributed by atoms with E-state index in [2.05, 4.69) is 15.2 Å². The summed E-state index contributed by atoms with van der Waals surface area (Å²) in [5.41, 5.74) is 5.36. The SMILES string of the molecule is Nc1n[nH]c(C(=O)N2CCCC(CCC(=O)O)C2)n1. The van der Waals surface area contributed by atoms with Crippen molar-refractivity contribution in [3.8, 4) is 0 Å². The zero-order valence-corrected chi connectivity index (χ0v) is 10.5. The number of carbonyl (C=O) groups excluding carboxylic acids is 1. The highest BCUT2D eigenvalue weighted by Gasteiger charge is 2.26. The van der Waals surface area contributed by atoms with E-state index in [0.717, 1.165) is 12.8 Å². The summed E-state index contributed by atoms with van der Waals surface area (Å²) < 4.78 is 0. The second kappa shape index (κ2) is 5.68. The molecular weight excluding hydrogens is 250 g/mol. The maximum Gasteiger partial charge on any atom is 0.303 e. The van der Waals surface area contributed by atoms with Crippen molar-refractivity contribution < 1.29 is 14.7 Å². The van der Waals surface area contributed by atoms with Crippen molar-refractivity contribution in [2.45, 2.75) is 25.7 Å². The van der Waals surface area contributed by atoms with E-state index in [1.54, 1.807) is 4.90 Å². The lowest BCUT2D eigenvalue weighted by Gasteiger charge is -2.31. The standard InChI is InChI=1S/C11H17N5O3/c12-11-13-9(14-15-11)10(19)16-5-1-2-7(6-16)3-4-8(17)18/h7H,1-6H2,(H,17,18)(H3,12,13,14,15). The molecule has 0 radical (unpaired) electrons. The number of aromatic nitrogens is 3. The molecule has 1 aromatic heterocycles. The maximum atomic E-state index is 12.1. The lowest BCUT2D eigenvalue weighted by Crippen LogP contribution is -2.40. The van der Waals surface area contributed by atoms with Crippen LogP contribution in [0.3, 0.4) is 0 Å². The third-order valence-corrected chi connectivity index (χ3v) is 3.28. The molecule has 1 unspecified atom stereocenters. The van der Waals surface area contributed by atoms with Gasteiger partial charge in [-0.25, -0.2) is 0 Å². The zero-order valence-electron chi connectivity index (χ0n) is 10.5. The third-order valence-electron chi connectivity index (χ3n) is 3.28. The fraction of sp³-hybridized carbons (Fsp3) is 0.636. The minimum absolute atomic E-state index is 0.0442. The summed E-state index contributed by atoms with van der Waals surface area (Å²) in [6, 6.07) is 0. The highest BCUT2D eigenvalue weighted by atomic mass is 16.4. The number of piperidine rings is 1. The van der Waals surface area contributed by atoms with Crippen LogP contribution in [0.15, 0.2) is 0 Å². The Labute approximate surface area is 110 Å². The van der Waals surface area contributed by atoms with Gasteiger partial charge in [-0.1, -0.05) is 0 Å². The molecule has 1 aliphatic heterocycles. The largest absolute Gasteiger partial charge is 0.481 e. The summed E-state index contributed by atoms with van der Waals surface area (Å²) in [4.78, 5) is 28.2. The van der Waals surface area contributed by atoms with Crippen LogP contribution in [0.2, 0.25) is 0 Å². The van der Waals surface area contributed by atoms with E-state index in [1.165, 1.54) is 0 Å². The molecule has 19 heavy (non-hydrogen) atoms. The Morgan fingerprint density at radius 3 is 2.95 bits per heavy atom.